The van der Waals surface area contributed by atoms with Crippen molar-refractivity contribution in [2.45, 2.75) is 6.92 Å². The first-order valence-electron chi connectivity index (χ1n) is 8.67. The van der Waals surface area contributed by atoms with E-state index < -0.39 is 11.9 Å². The molecule has 1 aromatic heterocycles. The average Bonchev–Trinajstić information content (AvgIpc) is 3.38. The first-order chi connectivity index (χ1) is 14.1. The number of anilines is 1. The molecule has 3 heterocycles. The van der Waals surface area contributed by atoms with Crippen molar-refractivity contribution in [2.24, 2.45) is 15.0 Å². The first-order valence-corrected chi connectivity index (χ1v) is 8.67. The number of hydrogen-bond acceptors (Lipinski definition) is 7. The molecule has 2 aromatic carbocycles. The molecule has 3 amide bonds. The molecule has 0 aliphatic carbocycles. The lowest BCUT2D eigenvalue weighted by Crippen LogP contribution is -2.46. The van der Waals surface area contributed by atoms with Gasteiger partial charge in [0, 0.05) is 5.56 Å². The highest BCUT2D eigenvalue weighted by atomic mass is 16.2. The number of nitrogens with zero attached hydrogens (tertiary/aromatic N) is 7. The van der Waals surface area contributed by atoms with Crippen LogP contribution >= 0.6 is 0 Å². The monoisotopic (exact) mass is 384 g/mol. The number of imide groups is 1. The van der Waals surface area contributed by atoms with Gasteiger partial charge in [0.05, 0.1) is 5.69 Å². The standard InChI is InChI=1S/C19H12N8O2/c1-10-20-15-17(21-10)22-19(29)27(18(15)28)12-7-8-13(11-5-3-2-4-6-11)14(9-12)16-23-25-26-24-16/h2-9H,1H3,(H,23,24,25,26). The number of carbonyl (C=O) groups is 2. The average molecular weight is 384 g/mol. The largest absolute Gasteiger partial charge is 0.357 e. The van der Waals surface area contributed by atoms with Gasteiger partial charge in [-0.05, 0) is 40.6 Å². The summed E-state index contributed by atoms with van der Waals surface area (Å²) < 4.78 is 0. The van der Waals surface area contributed by atoms with Crippen LogP contribution in [0.15, 0.2) is 63.5 Å². The lowest BCUT2D eigenvalue weighted by molar-refractivity contribution is -0.111. The molecule has 140 valence electrons. The van der Waals surface area contributed by atoms with Gasteiger partial charge in [-0.1, -0.05) is 36.4 Å². The summed E-state index contributed by atoms with van der Waals surface area (Å²) in [6.07, 6.45) is 0. The highest BCUT2D eigenvalue weighted by Crippen LogP contribution is 2.34. The molecule has 10 heteroatoms. The molecular formula is C19H12N8O2. The fourth-order valence-corrected chi connectivity index (χ4v) is 3.24. The molecule has 5 rings (SSSR count). The van der Waals surface area contributed by atoms with Crippen molar-refractivity contribution in [3.05, 3.63) is 48.5 Å². The number of tetrazole rings is 1. The molecule has 1 N–H and O–H groups in total. The van der Waals surface area contributed by atoms with Gasteiger partial charge in [0.15, 0.2) is 17.4 Å². The van der Waals surface area contributed by atoms with E-state index in [0.717, 1.165) is 16.0 Å². The van der Waals surface area contributed by atoms with E-state index in [2.05, 4.69) is 35.6 Å². The van der Waals surface area contributed by atoms with E-state index in [-0.39, 0.29) is 11.5 Å². The quantitative estimate of drug-likeness (QED) is 0.740. The van der Waals surface area contributed by atoms with Gasteiger partial charge < -0.3 is 0 Å². The topological polar surface area (TPSA) is 129 Å². The molecule has 10 nitrogen and oxygen atoms in total. The van der Waals surface area contributed by atoms with Crippen LogP contribution in [-0.4, -0.2) is 49.9 Å². The molecular weight excluding hydrogens is 372 g/mol. The third kappa shape index (κ3) is 2.74. The molecule has 0 saturated heterocycles. The second-order valence-electron chi connectivity index (χ2n) is 6.32. The SMILES string of the molecule is CC1=NC2=NC(=O)N(c3ccc(-c4ccccc4)c(-c4nnn[nH]4)c3)C(=O)C2=N1. The maximum atomic E-state index is 12.9. The van der Waals surface area contributed by atoms with Crippen molar-refractivity contribution in [1.29, 1.82) is 0 Å². The minimum Gasteiger partial charge on any atom is -0.266 e. The van der Waals surface area contributed by atoms with E-state index in [9.17, 15) is 9.59 Å². The summed E-state index contributed by atoms with van der Waals surface area (Å²) in [4.78, 5) is 38.4. The summed E-state index contributed by atoms with van der Waals surface area (Å²) in [7, 11) is 0. The van der Waals surface area contributed by atoms with Crippen LogP contribution in [0.25, 0.3) is 22.5 Å². The number of amidine groups is 2. The number of H-pyrrole nitrogens is 1. The van der Waals surface area contributed by atoms with E-state index in [1.807, 2.05) is 30.3 Å². The summed E-state index contributed by atoms with van der Waals surface area (Å²) in [5.74, 6) is 0.266. The van der Waals surface area contributed by atoms with E-state index in [1.165, 1.54) is 0 Å². The Morgan fingerprint density at radius 2 is 1.76 bits per heavy atom. The van der Waals surface area contributed by atoms with Crippen LogP contribution < -0.4 is 4.90 Å². The molecule has 0 spiro atoms. The Morgan fingerprint density at radius 1 is 0.931 bits per heavy atom. The third-order valence-electron chi connectivity index (χ3n) is 4.50. The summed E-state index contributed by atoms with van der Waals surface area (Å²) >= 11 is 0. The van der Waals surface area contributed by atoms with Gasteiger partial charge in [-0.2, -0.15) is 4.99 Å². The second kappa shape index (κ2) is 6.37. The maximum absolute atomic E-state index is 12.9. The van der Waals surface area contributed by atoms with E-state index >= 15 is 0 Å². The van der Waals surface area contributed by atoms with Crippen LogP contribution in [0.3, 0.4) is 0 Å². The van der Waals surface area contributed by atoms with Crippen LogP contribution in [0.4, 0.5) is 10.5 Å². The van der Waals surface area contributed by atoms with Crippen LogP contribution in [0.1, 0.15) is 6.92 Å². The number of amides is 3. The molecule has 0 saturated carbocycles. The highest BCUT2D eigenvalue weighted by Gasteiger charge is 2.38. The number of aromatic nitrogens is 4. The summed E-state index contributed by atoms with van der Waals surface area (Å²) in [5.41, 5.74) is 2.80. The predicted molar refractivity (Wildman–Crippen MR) is 106 cm³/mol. The Labute approximate surface area is 163 Å². The molecule has 29 heavy (non-hydrogen) atoms. The van der Waals surface area contributed by atoms with Crippen molar-refractivity contribution < 1.29 is 9.59 Å². The van der Waals surface area contributed by atoms with Crippen molar-refractivity contribution >= 4 is 35.0 Å². The number of aliphatic imine (C=N–C) groups is 3. The Bertz CT molecular complexity index is 1240. The van der Waals surface area contributed by atoms with Crippen molar-refractivity contribution in [2.75, 3.05) is 4.90 Å². The van der Waals surface area contributed by atoms with E-state index in [0.29, 0.717) is 22.9 Å². The smallest absolute Gasteiger partial charge is 0.266 e. The van der Waals surface area contributed by atoms with Crippen molar-refractivity contribution in [3.8, 4) is 22.5 Å². The fraction of sp³-hybridized carbons (Fsp3) is 0.0526. The van der Waals surface area contributed by atoms with Gasteiger partial charge in [0.25, 0.3) is 5.91 Å². The lowest BCUT2D eigenvalue weighted by atomic mass is 9.98. The van der Waals surface area contributed by atoms with Crippen LogP contribution in [0.5, 0.6) is 0 Å². The maximum Gasteiger partial charge on any atom is 0.357 e. The molecule has 0 radical (unpaired) electrons. The second-order valence-corrected chi connectivity index (χ2v) is 6.32. The predicted octanol–water partition coefficient (Wildman–Crippen LogP) is 2.27. The number of benzene rings is 2. The molecule has 0 fully saturated rings. The number of nitrogens with one attached hydrogen (secondary N) is 1. The fourth-order valence-electron chi connectivity index (χ4n) is 3.24. The Balaban J connectivity index is 1.64. The highest BCUT2D eigenvalue weighted by molar-refractivity contribution is 6.75. The Kier molecular flexibility index (Phi) is 3.69. The van der Waals surface area contributed by atoms with Gasteiger partial charge >= 0.3 is 6.03 Å². The number of fused-ring (bicyclic) bond motifs is 1. The van der Waals surface area contributed by atoms with Crippen LogP contribution in [0, 0.1) is 0 Å². The number of carbonyl (C=O) groups excluding carboxylic acids is 2. The third-order valence-corrected chi connectivity index (χ3v) is 4.50. The molecule has 2 aliphatic rings. The molecule has 2 aliphatic heterocycles. The van der Waals surface area contributed by atoms with Gasteiger partial charge in [0.1, 0.15) is 5.84 Å². The molecule has 0 atom stereocenters. The normalized spacial score (nSPS) is 15.8. The Hall–Kier alpha value is -4.34. The summed E-state index contributed by atoms with van der Waals surface area (Å²) in [5, 5.41) is 14.0. The van der Waals surface area contributed by atoms with Crippen molar-refractivity contribution in [1.82, 2.24) is 20.6 Å². The van der Waals surface area contributed by atoms with Gasteiger partial charge in [-0.25, -0.2) is 24.8 Å². The van der Waals surface area contributed by atoms with E-state index in [4.69, 9.17) is 0 Å². The lowest BCUT2D eigenvalue weighted by Gasteiger charge is -2.22. The zero-order valence-corrected chi connectivity index (χ0v) is 15.1. The first kappa shape index (κ1) is 16.8. The Morgan fingerprint density at radius 3 is 2.52 bits per heavy atom. The minimum absolute atomic E-state index is 0.0503. The number of aromatic amines is 1. The number of hydrogen-bond donors (Lipinski definition) is 1. The minimum atomic E-state index is -0.725. The number of rotatable bonds is 3. The summed E-state index contributed by atoms with van der Waals surface area (Å²) in [6, 6.07) is 14.1. The molecule has 3 aromatic rings. The van der Waals surface area contributed by atoms with Gasteiger partial charge in [-0.3, -0.25) is 4.79 Å². The summed E-state index contributed by atoms with van der Waals surface area (Å²) in [6.45, 7) is 1.64. The number of urea groups is 1. The van der Waals surface area contributed by atoms with E-state index in [1.54, 1.807) is 25.1 Å². The molecule has 0 unspecified atom stereocenters. The zero-order valence-electron chi connectivity index (χ0n) is 15.1. The van der Waals surface area contributed by atoms with Crippen LogP contribution in [0.2, 0.25) is 0 Å². The van der Waals surface area contributed by atoms with Gasteiger partial charge in [0.2, 0.25) is 0 Å². The van der Waals surface area contributed by atoms with Crippen LogP contribution in [-0.2, 0) is 4.79 Å². The van der Waals surface area contributed by atoms with Gasteiger partial charge in [-0.15, -0.1) is 5.10 Å². The van der Waals surface area contributed by atoms with Crippen molar-refractivity contribution in [3.63, 3.8) is 0 Å². The zero-order chi connectivity index (χ0) is 20.0. The molecule has 0 bridgehead atoms.